The quantitative estimate of drug-likeness (QED) is 0.476. The number of nitrogens with two attached hydrogens (primary N) is 1. The summed E-state index contributed by atoms with van der Waals surface area (Å²) in [5.74, 6) is 2.32. The second kappa shape index (κ2) is 7.04. The van der Waals surface area contributed by atoms with Crippen LogP contribution in [0.25, 0.3) is 0 Å². The Bertz CT molecular complexity index is 369. The summed E-state index contributed by atoms with van der Waals surface area (Å²) >= 11 is 0. The molecule has 0 saturated heterocycles. The molecule has 0 unspecified atom stereocenters. The first-order chi connectivity index (χ1) is 8.86. The molecule has 0 spiro atoms. The molecule has 98 valence electrons. The van der Waals surface area contributed by atoms with E-state index < -0.39 is 0 Å². The number of para-hydroxylation sites is 1. The molecule has 18 heavy (non-hydrogen) atoms. The summed E-state index contributed by atoms with van der Waals surface area (Å²) < 4.78 is 5.60. The maximum Gasteiger partial charge on any atom is 0.119 e. The number of nitrogens with zero attached hydrogens (tertiary/aromatic N) is 1. The van der Waals surface area contributed by atoms with Gasteiger partial charge in [-0.25, -0.2) is 0 Å². The van der Waals surface area contributed by atoms with Crippen LogP contribution in [-0.2, 0) is 0 Å². The molecule has 1 aromatic carbocycles. The summed E-state index contributed by atoms with van der Waals surface area (Å²) in [5.41, 5.74) is 5.98. The average Bonchev–Trinajstić information content (AvgIpc) is 2.93. The maximum absolute atomic E-state index is 5.98. The Kier molecular flexibility index (Phi) is 5.06. The van der Waals surface area contributed by atoms with E-state index >= 15 is 0 Å². The molecule has 0 bridgehead atoms. The van der Waals surface area contributed by atoms with Gasteiger partial charge in [0.25, 0.3) is 0 Å². The van der Waals surface area contributed by atoms with Gasteiger partial charge in [0.05, 0.1) is 12.4 Å². The highest BCUT2D eigenvalue weighted by Gasteiger charge is 2.17. The Balaban J connectivity index is 1.62. The Hall–Kier alpha value is -1.51. The summed E-state index contributed by atoms with van der Waals surface area (Å²) in [5, 5.41) is 0. The normalized spacial score (nSPS) is 17.0. The van der Waals surface area contributed by atoms with Crippen LogP contribution < -0.4 is 10.5 Å². The molecule has 1 aliphatic carbocycles. The molecule has 3 nitrogen and oxygen atoms in total. The third-order valence-corrected chi connectivity index (χ3v) is 3.38. The van der Waals surface area contributed by atoms with Crippen molar-refractivity contribution in [1.29, 1.82) is 0 Å². The highest BCUT2D eigenvalue weighted by atomic mass is 16.5. The minimum absolute atomic E-state index is 0.542. The van der Waals surface area contributed by atoms with Crippen LogP contribution in [0.15, 0.2) is 35.3 Å². The first-order valence-electron chi connectivity index (χ1n) is 6.84. The molecule has 2 rings (SSSR count). The minimum Gasteiger partial charge on any atom is -0.494 e. The first-order valence-corrected chi connectivity index (χ1v) is 6.84. The molecule has 0 atom stereocenters. The van der Waals surface area contributed by atoms with Crippen molar-refractivity contribution in [3.63, 3.8) is 0 Å². The Morgan fingerprint density at radius 2 is 1.94 bits per heavy atom. The van der Waals surface area contributed by atoms with Crippen LogP contribution in [0, 0.1) is 5.92 Å². The maximum atomic E-state index is 5.98. The van der Waals surface area contributed by atoms with E-state index in [1.165, 1.54) is 25.7 Å². The van der Waals surface area contributed by atoms with E-state index in [1.54, 1.807) is 0 Å². The smallest absolute Gasteiger partial charge is 0.119 e. The zero-order chi connectivity index (χ0) is 12.6. The lowest BCUT2D eigenvalue weighted by atomic mass is 10.1. The first kappa shape index (κ1) is 12.9. The highest BCUT2D eigenvalue weighted by molar-refractivity contribution is 5.83. The van der Waals surface area contributed by atoms with Crippen molar-refractivity contribution in [2.24, 2.45) is 16.6 Å². The van der Waals surface area contributed by atoms with Gasteiger partial charge in [-0.1, -0.05) is 31.0 Å². The molecular formula is C15H22N2O. The molecule has 3 heteroatoms. The lowest BCUT2D eigenvalue weighted by Gasteiger charge is -2.08. The predicted octanol–water partition coefficient (Wildman–Crippen LogP) is 3.00. The molecule has 1 saturated carbocycles. The van der Waals surface area contributed by atoms with Gasteiger partial charge in [-0.15, -0.1) is 0 Å². The van der Waals surface area contributed by atoms with E-state index in [4.69, 9.17) is 10.5 Å². The van der Waals surface area contributed by atoms with Gasteiger partial charge < -0.3 is 10.5 Å². The Morgan fingerprint density at radius 3 is 2.67 bits per heavy atom. The topological polar surface area (TPSA) is 47.6 Å². The molecular weight excluding hydrogens is 224 g/mol. The Morgan fingerprint density at radius 1 is 1.22 bits per heavy atom. The minimum atomic E-state index is 0.542. The van der Waals surface area contributed by atoms with Crippen molar-refractivity contribution in [3.05, 3.63) is 30.3 Å². The fraction of sp³-hybridized carbons (Fsp3) is 0.533. The van der Waals surface area contributed by atoms with Crippen LogP contribution in [0.2, 0.25) is 0 Å². The zero-order valence-corrected chi connectivity index (χ0v) is 10.8. The van der Waals surface area contributed by atoms with Crippen molar-refractivity contribution in [3.8, 4) is 5.75 Å². The number of hydrogen-bond acceptors (Lipinski definition) is 2. The lowest BCUT2D eigenvalue weighted by molar-refractivity contribution is 0.313. The standard InChI is InChI=1S/C15H22N2O/c16-15(13-7-4-5-8-13)17-11-6-12-18-14-9-2-1-3-10-14/h1-3,9-10,13H,4-8,11-12H2,(H2,16,17). The van der Waals surface area contributed by atoms with E-state index in [0.717, 1.165) is 24.6 Å². The van der Waals surface area contributed by atoms with Crippen LogP contribution in [0.3, 0.4) is 0 Å². The second-order valence-electron chi connectivity index (χ2n) is 4.80. The average molecular weight is 246 g/mol. The fourth-order valence-corrected chi connectivity index (χ4v) is 2.33. The number of ether oxygens (including phenoxy) is 1. The molecule has 1 fully saturated rings. The van der Waals surface area contributed by atoms with Crippen molar-refractivity contribution in [2.75, 3.05) is 13.2 Å². The van der Waals surface area contributed by atoms with Crippen LogP contribution >= 0.6 is 0 Å². The van der Waals surface area contributed by atoms with Gasteiger partial charge in [-0.2, -0.15) is 0 Å². The Labute approximate surface area is 109 Å². The van der Waals surface area contributed by atoms with Gasteiger partial charge in [0.1, 0.15) is 5.75 Å². The number of amidine groups is 1. The molecule has 0 radical (unpaired) electrons. The van der Waals surface area contributed by atoms with Gasteiger partial charge in [-0.3, -0.25) is 4.99 Å². The van der Waals surface area contributed by atoms with E-state index in [-0.39, 0.29) is 0 Å². The van der Waals surface area contributed by atoms with Crippen LogP contribution in [0.5, 0.6) is 5.75 Å². The number of aliphatic imine (C=N–C) groups is 1. The summed E-state index contributed by atoms with van der Waals surface area (Å²) in [6.45, 7) is 1.47. The molecule has 0 heterocycles. The third kappa shape index (κ3) is 4.06. The second-order valence-corrected chi connectivity index (χ2v) is 4.80. The summed E-state index contributed by atoms with van der Waals surface area (Å²) in [4.78, 5) is 4.45. The van der Waals surface area contributed by atoms with Crippen molar-refractivity contribution >= 4 is 5.84 Å². The van der Waals surface area contributed by atoms with Gasteiger partial charge in [0, 0.05) is 18.9 Å². The number of hydrogen-bond donors (Lipinski definition) is 1. The number of benzene rings is 1. The third-order valence-electron chi connectivity index (χ3n) is 3.38. The van der Waals surface area contributed by atoms with Crippen molar-refractivity contribution < 1.29 is 4.74 Å². The predicted molar refractivity (Wildman–Crippen MR) is 75.0 cm³/mol. The molecule has 0 aromatic heterocycles. The van der Waals surface area contributed by atoms with E-state index in [9.17, 15) is 0 Å². The molecule has 2 N–H and O–H groups in total. The molecule has 1 aromatic rings. The molecule has 0 aliphatic heterocycles. The summed E-state index contributed by atoms with van der Waals surface area (Å²) in [6, 6.07) is 9.88. The SMILES string of the molecule is NC(=NCCCOc1ccccc1)C1CCCC1. The molecule has 0 amide bonds. The monoisotopic (exact) mass is 246 g/mol. The molecule has 1 aliphatic rings. The largest absolute Gasteiger partial charge is 0.494 e. The number of rotatable bonds is 6. The summed E-state index contributed by atoms with van der Waals surface area (Å²) in [7, 11) is 0. The highest BCUT2D eigenvalue weighted by Crippen LogP contribution is 2.24. The van der Waals surface area contributed by atoms with Crippen LogP contribution in [-0.4, -0.2) is 19.0 Å². The zero-order valence-electron chi connectivity index (χ0n) is 10.8. The van der Waals surface area contributed by atoms with E-state index in [1.807, 2.05) is 30.3 Å². The lowest BCUT2D eigenvalue weighted by Crippen LogP contribution is -2.21. The van der Waals surface area contributed by atoms with Gasteiger partial charge in [-0.05, 0) is 25.0 Å². The summed E-state index contributed by atoms with van der Waals surface area (Å²) in [6.07, 6.45) is 5.96. The van der Waals surface area contributed by atoms with Gasteiger partial charge in [0.15, 0.2) is 0 Å². The fourth-order valence-electron chi connectivity index (χ4n) is 2.33. The van der Waals surface area contributed by atoms with Crippen LogP contribution in [0.4, 0.5) is 0 Å². The van der Waals surface area contributed by atoms with Crippen LogP contribution in [0.1, 0.15) is 32.1 Å². The van der Waals surface area contributed by atoms with E-state index in [2.05, 4.69) is 4.99 Å². The van der Waals surface area contributed by atoms with Gasteiger partial charge in [0.2, 0.25) is 0 Å². The van der Waals surface area contributed by atoms with Gasteiger partial charge >= 0.3 is 0 Å². The van der Waals surface area contributed by atoms with Crippen molar-refractivity contribution in [1.82, 2.24) is 0 Å². The van der Waals surface area contributed by atoms with E-state index in [0.29, 0.717) is 12.5 Å². The van der Waals surface area contributed by atoms with Crippen molar-refractivity contribution in [2.45, 2.75) is 32.1 Å².